The van der Waals surface area contributed by atoms with Crippen LogP contribution in [0.2, 0.25) is 0 Å². The maximum Gasteiger partial charge on any atom is 0.303 e. The Morgan fingerprint density at radius 3 is 2.25 bits per heavy atom. The summed E-state index contributed by atoms with van der Waals surface area (Å²) < 4.78 is 5.22. The van der Waals surface area contributed by atoms with E-state index in [1.54, 1.807) is 27.7 Å². The molecule has 2 fully saturated rings. The summed E-state index contributed by atoms with van der Waals surface area (Å²) in [6, 6.07) is 0. The number of ether oxygens (including phenoxy) is 1. The lowest BCUT2D eigenvalue weighted by Gasteiger charge is -2.63. The van der Waals surface area contributed by atoms with Gasteiger partial charge in [0, 0.05) is 30.6 Å². The third kappa shape index (κ3) is 4.00. The van der Waals surface area contributed by atoms with E-state index in [1.807, 2.05) is 26.8 Å². The number of fused-ring (bicyclic) bond motifs is 5. The molecule has 0 bridgehead atoms. The molecule has 0 aromatic carbocycles. The Kier molecular flexibility index (Phi) is 6.80. The van der Waals surface area contributed by atoms with Crippen molar-refractivity contribution in [1.29, 1.82) is 0 Å². The number of aliphatic hydroxyl groups is 3. The zero-order valence-electron chi connectivity index (χ0n) is 25.1. The summed E-state index contributed by atoms with van der Waals surface area (Å²) in [5.41, 5.74) is -5.72. The Bertz CT molecular complexity index is 1270. The molecule has 8 atom stereocenters. The van der Waals surface area contributed by atoms with Crippen LogP contribution >= 0.6 is 0 Å². The molecule has 4 aliphatic rings. The third-order valence-electron chi connectivity index (χ3n) is 11.2. The van der Waals surface area contributed by atoms with Gasteiger partial charge in [0.15, 0.2) is 11.5 Å². The van der Waals surface area contributed by atoms with Gasteiger partial charge in [-0.3, -0.25) is 19.2 Å². The normalized spacial score (nSPS) is 40.4. The van der Waals surface area contributed by atoms with E-state index in [-0.39, 0.29) is 36.1 Å². The van der Waals surface area contributed by atoms with Crippen LogP contribution in [-0.2, 0) is 23.9 Å². The number of esters is 1. The lowest BCUT2D eigenvalue weighted by molar-refractivity contribution is -0.179. The van der Waals surface area contributed by atoms with Crippen molar-refractivity contribution in [1.82, 2.24) is 0 Å². The molecule has 0 aliphatic heterocycles. The van der Waals surface area contributed by atoms with Crippen LogP contribution in [0.3, 0.4) is 0 Å². The standard InChI is InChI=1S/C32H44O8/c1-17(33)40-27(2,3)13-12-23(36)32(9,39)25-21(35)15-29(6)22-11-10-18-19(14-20(34)26(38)28(18,4)5)31(22,8)24(37)16-30(25,29)7/h10,12-14,19,21-22,25,34-35,39H,11,15-16H2,1-9H3/b13-12+/t19-,21-,22+,25+,29+,30-,31+,32?/m1/s1. The van der Waals surface area contributed by atoms with Gasteiger partial charge < -0.3 is 20.1 Å². The first-order valence-electron chi connectivity index (χ1n) is 14.1. The van der Waals surface area contributed by atoms with Crippen LogP contribution in [0.5, 0.6) is 0 Å². The van der Waals surface area contributed by atoms with Gasteiger partial charge in [-0.1, -0.05) is 32.4 Å². The van der Waals surface area contributed by atoms with Crippen molar-refractivity contribution in [3.8, 4) is 0 Å². The molecular weight excluding hydrogens is 512 g/mol. The molecule has 0 aromatic rings. The third-order valence-corrected chi connectivity index (χ3v) is 11.2. The van der Waals surface area contributed by atoms with Crippen molar-refractivity contribution in [2.45, 2.75) is 98.9 Å². The fourth-order valence-corrected chi connectivity index (χ4v) is 8.98. The van der Waals surface area contributed by atoms with Gasteiger partial charge in [0.25, 0.3) is 0 Å². The SMILES string of the molecule is CC(=O)OC(C)(C)/C=C/C(=O)C(C)(O)[C@H]1[C@H](O)C[C@@]2(C)[C@@H]3CC=C4[C@@H](C=C(O)C(=O)C4(C)C)[C@]3(C)C(=O)C[C@]12C. The Morgan fingerprint density at radius 2 is 1.68 bits per heavy atom. The number of carbonyl (C=O) groups is 4. The number of ketones is 3. The summed E-state index contributed by atoms with van der Waals surface area (Å²) in [6.45, 7) is 15.3. The van der Waals surface area contributed by atoms with E-state index in [1.165, 1.54) is 32.1 Å². The van der Waals surface area contributed by atoms with E-state index in [0.717, 1.165) is 5.57 Å². The Morgan fingerprint density at radius 1 is 1.07 bits per heavy atom. The number of hydrogen-bond acceptors (Lipinski definition) is 8. The predicted octanol–water partition coefficient (Wildman–Crippen LogP) is 4.19. The Labute approximate surface area is 236 Å². The molecule has 3 N–H and O–H groups in total. The van der Waals surface area contributed by atoms with Crippen molar-refractivity contribution in [3.63, 3.8) is 0 Å². The zero-order chi connectivity index (χ0) is 30.4. The van der Waals surface area contributed by atoms with Crippen LogP contribution in [-0.4, -0.2) is 55.9 Å². The van der Waals surface area contributed by atoms with Crippen molar-refractivity contribution >= 4 is 23.3 Å². The minimum atomic E-state index is -2.00. The van der Waals surface area contributed by atoms with Gasteiger partial charge in [0.2, 0.25) is 5.78 Å². The van der Waals surface area contributed by atoms with Crippen LogP contribution in [0.15, 0.2) is 35.6 Å². The lowest BCUT2D eigenvalue weighted by atomic mass is 9.39. The second kappa shape index (κ2) is 8.96. The van der Waals surface area contributed by atoms with Crippen LogP contribution in [0.4, 0.5) is 0 Å². The molecule has 4 rings (SSSR count). The predicted molar refractivity (Wildman–Crippen MR) is 148 cm³/mol. The van der Waals surface area contributed by atoms with Crippen molar-refractivity contribution < 1.29 is 39.2 Å². The highest BCUT2D eigenvalue weighted by Gasteiger charge is 2.74. The quantitative estimate of drug-likeness (QED) is 0.260. The van der Waals surface area contributed by atoms with Crippen molar-refractivity contribution in [2.75, 3.05) is 0 Å². The minimum Gasteiger partial charge on any atom is -0.505 e. The average molecular weight is 557 g/mol. The summed E-state index contributed by atoms with van der Waals surface area (Å²) in [7, 11) is 0. The highest BCUT2D eigenvalue weighted by atomic mass is 16.6. The first-order valence-corrected chi connectivity index (χ1v) is 14.1. The number of aliphatic hydroxyl groups excluding tert-OH is 2. The monoisotopic (exact) mass is 556 g/mol. The van der Waals surface area contributed by atoms with Gasteiger partial charge in [-0.15, -0.1) is 0 Å². The van der Waals surface area contributed by atoms with Crippen LogP contribution in [0, 0.1) is 39.4 Å². The molecule has 8 nitrogen and oxygen atoms in total. The van der Waals surface area contributed by atoms with E-state index >= 15 is 0 Å². The van der Waals surface area contributed by atoms with Gasteiger partial charge in [-0.2, -0.15) is 0 Å². The van der Waals surface area contributed by atoms with E-state index in [2.05, 4.69) is 0 Å². The number of hydrogen-bond donors (Lipinski definition) is 3. The van der Waals surface area contributed by atoms with Crippen LogP contribution in [0.1, 0.15) is 81.6 Å². The van der Waals surface area contributed by atoms with E-state index < -0.39 is 62.6 Å². The molecule has 220 valence electrons. The lowest BCUT2D eigenvalue weighted by Crippen LogP contribution is -2.64. The summed E-state index contributed by atoms with van der Waals surface area (Å²) in [5, 5.41) is 33.8. The largest absolute Gasteiger partial charge is 0.505 e. The van der Waals surface area contributed by atoms with Gasteiger partial charge in [0.05, 0.1) is 11.5 Å². The summed E-state index contributed by atoms with van der Waals surface area (Å²) in [4.78, 5) is 52.0. The molecule has 8 heteroatoms. The average Bonchev–Trinajstić information content (AvgIpc) is 3.01. The molecule has 0 radical (unpaired) electrons. The molecular formula is C32H44O8. The van der Waals surface area contributed by atoms with E-state index in [9.17, 15) is 34.5 Å². The fourth-order valence-electron chi connectivity index (χ4n) is 8.98. The highest BCUT2D eigenvalue weighted by molar-refractivity contribution is 6.02. The Balaban J connectivity index is 1.76. The van der Waals surface area contributed by atoms with Crippen LogP contribution in [0.25, 0.3) is 0 Å². The van der Waals surface area contributed by atoms with Gasteiger partial charge >= 0.3 is 5.97 Å². The van der Waals surface area contributed by atoms with Gasteiger partial charge in [-0.25, -0.2) is 0 Å². The molecule has 1 unspecified atom stereocenters. The maximum absolute atomic E-state index is 14.3. The fraction of sp³-hybridized carbons (Fsp3) is 0.688. The molecule has 0 spiro atoms. The van der Waals surface area contributed by atoms with Crippen molar-refractivity contribution in [2.24, 2.45) is 39.4 Å². The molecule has 40 heavy (non-hydrogen) atoms. The number of carbonyl (C=O) groups excluding carboxylic acids is 4. The first-order chi connectivity index (χ1) is 18.1. The first kappa shape index (κ1) is 30.4. The number of rotatable bonds is 5. The Hall–Kier alpha value is -2.58. The summed E-state index contributed by atoms with van der Waals surface area (Å²) in [6.07, 6.45) is 5.89. The molecule has 0 heterocycles. The van der Waals surface area contributed by atoms with E-state index in [4.69, 9.17) is 4.74 Å². The van der Waals surface area contributed by atoms with E-state index in [0.29, 0.717) is 6.42 Å². The number of allylic oxidation sites excluding steroid dienone is 4. The summed E-state index contributed by atoms with van der Waals surface area (Å²) >= 11 is 0. The minimum absolute atomic E-state index is 0.0249. The summed E-state index contributed by atoms with van der Waals surface area (Å²) in [5.74, 6) is -3.61. The van der Waals surface area contributed by atoms with Crippen LogP contribution < -0.4 is 0 Å². The van der Waals surface area contributed by atoms with Gasteiger partial charge in [0.1, 0.15) is 17.0 Å². The highest BCUT2D eigenvalue weighted by Crippen LogP contribution is 2.73. The molecule has 0 aromatic heterocycles. The van der Waals surface area contributed by atoms with Gasteiger partial charge in [-0.05, 0) is 82.4 Å². The maximum atomic E-state index is 14.3. The molecule has 2 saturated carbocycles. The molecule has 0 saturated heterocycles. The number of Topliss-reactive ketones (excluding diaryl/α,β-unsaturated/α-hetero) is 2. The second-order valence-corrected chi connectivity index (χ2v) is 14.4. The van der Waals surface area contributed by atoms with Crippen molar-refractivity contribution in [3.05, 3.63) is 35.6 Å². The topological polar surface area (TPSA) is 138 Å². The molecule has 0 amide bonds. The smallest absolute Gasteiger partial charge is 0.303 e. The molecule has 4 aliphatic carbocycles. The second-order valence-electron chi connectivity index (χ2n) is 14.4. The zero-order valence-corrected chi connectivity index (χ0v) is 25.1.